The summed E-state index contributed by atoms with van der Waals surface area (Å²) >= 11 is 1.54. The van der Waals surface area contributed by atoms with Gasteiger partial charge in [0.25, 0.3) is 5.91 Å². The summed E-state index contributed by atoms with van der Waals surface area (Å²) in [7, 11) is 0. The lowest BCUT2D eigenvalue weighted by molar-refractivity contribution is 0.0955. The molecule has 212 valence electrons. The van der Waals surface area contributed by atoms with Crippen LogP contribution in [0.1, 0.15) is 32.9 Å². The van der Waals surface area contributed by atoms with E-state index in [1.165, 1.54) is 16.7 Å². The Morgan fingerprint density at radius 3 is 2.21 bits per heavy atom. The fourth-order valence-corrected chi connectivity index (χ4v) is 5.73. The molecule has 0 saturated heterocycles. The van der Waals surface area contributed by atoms with Crippen LogP contribution in [0.5, 0.6) is 0 Å². The van der Waals surface area contributed by atoms with Gasteiger partial charge in [0.2, 0.25) is 0 Å². The normalized spacial score (nSPS) is 11.1. The summed E-state index contributed by atoms with van der Waals surface area (Å²) in [5, 5.41) is 10.4. The van der Waals surface area contributed by atoms with Crippen molar-refractivity contribution in [2.75, 3.05) is 5.32 Å². The molecule has 0 aliphatic heterocycles. The first kappa shape index (κ1) is 27.9. The van der Waals surface area contributed by atoms with Gasteiger partial charge in [0.1, 0.15) is 0 Å². The van der Waals surface area contributed by atoms with Crippen molar-refractivity contribution < 1.29 is 4.79 Å². The first-order valence-electron chi connectivity index (χ1n) is 14.0. The van der Waals surface area contributed by atoms with E-state index in [-0.39, 0.29) is 5.91 Å². The molecule has 6 rings (SSSR count). The average molecular weight is 582 g/mol. The standard InChI is InChI=1S/C36H31N5OS/c1-24-9-17-32(18-10-24)38-36-39-34(23-43-36)29-11-13-30(14-12-29)35(42)40-37-22-31-21-25(2)41(26(31)3)33-19-15-28(16-20-33)27-7-5-4-6-8-27/h4-23H,1-3H3,(H,38,39)(H,40,42)/b37-22-. The number of anilines is 2. The van der Waals surface area contributed by atoms with Crippen LogP contribution in [0.15, 0.2) is 120 Å². The minimum atomic E-state index is -0.270. The van der Waals surface area contributed by atoms with E-state index >= 15 is 0 Å². The van der Waals surface area contributed by atoms with E-state index in [4.69, 9.17) is 4.98 Å². The van der Waals surface area contributed by atoms with Gasteiger partial charge in [-0.3, -0.25) is 4.79 Å². The van der Waals surface area contributed by atoms with Crippen molar-refractivity contribution in [1.29, 1.82) is 0 Å². The Hall–Kier alpha value is -5.27. The number of aromatic nitrogens is 2. The number of benzene rings is 4. The van der Waals surface area contributed by atoms with E-state index in [0.717, 1.165) is 44.7 Å². The van der Waals surface area contributed by atoms with Crippen LogP contribution >= 0.6 is 11.3 Å². The molecule has 2 aromatic heterocycles. The highest BCUT2D eigenvalue weighted by atomic mass is 32.1. The molecule has 1 amide bonds. The Balaban J connectivity index is 1.09. The quantitative estimate of drug-likeness (QED) is 0.140. The Labute approximate surface area is 255 Å². The van der Waals surface area contributed by atoms with Crippen molar-refractivity contribution in [2.45, 2.75) is 20.8 Å². The van der Waals surface area contributed by atoms with E-state index in [9.17, 15) is 4.79 Å². The summed E-state index contributed by atoms with van der Waals surface area (Å²) in [5.41, 5.74) is 13.7. The van der Waals surface area contributed by atoms with Crippen LogP contribution in [0, 0.1) is 20.8 Å². The van der Waals surface area contributed by atoms with Gasteiger partial charge >= 0.3 is 0 Å². The zero-order chi connectivity index (χ0) is 29.8. The van der Waals surface area contributed by atoms with Gasteiger partial charge in [0.05, 0.1) is 11.9 Å². The summed E-state index contributed by atoms with van der Waals surface area (Å²) in [5.74, 6) is -0.270. The van der Waals surface area contributed by atoms with Gasteiger partial charge in [0.15, 0.2) is 5.13 Å². The van der Waals surface area contributed by atoms with Crippen LogP contribution in [-0.2, 0) is 0 Å². The van der Waals surface area contributed by atoms with E-state index < -0.39 is 0 Å². The highest BCUT2D eigenvalue weighted by Gasteiger charge is 2.11. The summed E-state index contributed by atoms with van der Waals surface area (Å²) < 4.78 is 2.19. The fraction of sp³-hybridized carbons (Fsp3) is 0.0833. The number of carbonyl (C=O) groups is 1. The number of carbonyl (C=O) groups excluding carboxylic acids is 1. The first-order chi connectivity index (χ1) is 20.9. The van der Waals surface area contributed by atoms with Crippen LogP contribution in [0.3, 0.4) is 0 Å². The Morgan fingerprint density at radius 2 is 1.49 bits per heavy atom. The SMILES string of the molecule is Cc1ccc(Nc2nc(-c3ccc(C(=O)N/N=C\c4cc(C)n(-c5ccc(-c6ccccc6)cc5)c4C)cc3)cs2)cc1. The van der Waals surface area contributed by atoms with Crippen molar-refractivity contribution in [2.24, 2.45) is 5.10 Å². The van der Waals surface area contributed by atoms with Gasteiger partial charge in [-0.15, -0.1) is 11.3 Å². The van der Waals surface area contributed by atoms with Crippen molar-refractivity contribution in [3.05, 3.63) is 143 Å². The lowest BCUT2D eigenvalue weighted by Gasteiger charge is -2.11. The molecule has 0 fully saturated rings. The number of nitrogens with zero attached hydrogens (tertiary/aromatic N) is 3. The maximum absolute atomic E-state index is 12.8. The predicted molar refractivity (Wildman–Crippen MR) is 178 cm³/mol. The van der Waals surface area contributed by atoms with Crippen molar-refractivity contribution in [1.82, 2.24) is 15.0 Å². The van der Waals surface area contributed by atoms with Gasteiger partial charge in [-0.2, -0.15) is 5.10 Å². The predicted octanol–water partition coefficient (Wildman–Crippen LogP) is 8.70. The van der Waals surface area contributed by atoms with Crippen LogP contribution in [-0.4, -0.2) is 21.7 Å². The zero-order valence-electron chi connectivity index (χ0n) is 24.2. The van der Waals surface area contributed by atoms with Crippen LogP contribution in [0.4, 0.5) is 10.8 Å². The number of hydrogen-bond acceptors (Lipinski definition) is 5. The summed E-state index contributed by atoms with van der Waals surface area (Å²) in [6.07, 6.45) is 1.70. The fourth-order valence-electron chi connectivity index (χ4n) is 4.99. The molecule has 6 aromatic rings. The molecule has 0 bridgehead atoms. The molecule has 2 N–H and O–H groups in total. The molecule has 0 atom stereocenters. The average Bonchev–Trinajstić information content (AvgIpc) is 3.62. The molecular formula is C36H31N5OS. The molecule has 0 aliphatic carbocycles. The minimum absolute atomic E-state index is 0.270. The topological polar surface area (TPSA) is 71.3 Å². The lowest BCUT2D eigenvalue weighted by Crippen LogP contribution is -2.17. The van der Waals surface area contributed by atoms with Crippen molar-refractivity contribution in [3.63, 3.8) is 0 Å². The summed E-state index contributed by atoms with van der Waals surface area (Å²) in [6, 6.07) is 36.5. The van der Waals surface area contributed by atoms with Crippen LogP contribution in [0.2, 0.25) is 0 Å². The highest BCUT2D eigenvalue weighted by Crippen LogP contribution is 2.28. The first-order valence-corrected chi connectivity index (χ1v) is 14.9. The molecule has 0 radical (unpaired) electrons. The van der Waals surface area contributed by atoms with Crippen LogP contribution in [0.25, 0.3) is 28.1 Å². The molecule has 43 heavy (non-hydrogen) atoms. The number of amides is 1. The Morgan fingerprint density at radius 1 is 0.814 bits per heavy atom. The number of hydrogen-bond donors (Lipinski definition) is 2. The van der Waals surface area contributed by atoms with E-state index in [1.807, 2.05) is 47.8 Å². The number of hydrazone groups is 1. The maximum Gasteiger partial charge on any atom is 0.271 e. The molecule has 7 heteroatoms. The van der Waals surface area contributed by atoms with Gasteiger partial charge < -0.3 is 9.88 Å². The summed E-state index contributed by atoms with van der Waals surface area (Å²) in [6.45, 7) is 6.19. The number of rotatable bonds is 8. The molecule has 0 unspecified atom stereocenters. The number of nitrogens with one attached hydrogen (secondary N) is 2. The molecule has 0 saturated carbocycles. The zero-order valence-corrected chi connectivity index (χ0v) is 25.0. The third-order valence-electron chi connectivity index (χ3n) is 7.32. The second-order valence-electron chi connectivity index (χ2n) is 10.4. The van der Waals surface area contributed by atoms with Gasteiger partial charge in [0, 0.05) is 44.8 Å². The van der Waals surface area contributed by atoms with E-state index in [0.29, 0.717) is 5.56 Å². The highest BCUT2D eigenvalue weighted by molar-refractivity contribution is 7.14. The number of aryl methyl sites for hydroxylation is 2. The monoisotopic (exact) mass is 581 g/mol. The molecule has 2 heterocycles. The molecule has 6 nitrogen and oxygen atoms in total. The van der Waals surface area contributed by atoms with Crippen molar-refractivity contribution >= 4 is 34.3 Å². The second-order valence-corrected chi connectivity index (χ2v) is 11.2. The minimum Gasteiger partial charge on any atom is -0.332 e. The Kier molecular flexibility index (Phi) is 7.98. The third-order valence-corrected chi connectivity index (χ3v) is 8.08. The largest absolute Gasteiger partial charge is 0.332 e. The third kappa shape index (κ3) is 6.32. The number of thiazole rings is 1. The molecule has 0 aliphatic rings. The molecule has 0 spiro atoms. The van der Waals surface area contributed by atoms with Crippen LogP contribution < -0.4 is 10.7 Å². The second kappa shape index (κ2) is 12.3. The van der Waals surface area contributed by atoms with Gasteiger partial charge in [-0.05, 0) is 74.4 Å². The molecule has 4 aromatic carbocycles. The Bertz CT molecular complexity index is 1880. The van der Waals surface area contributed by atoms with Crippen molar-refractivity contribution in [3.8, 4) is 28.1 Å². The van der Waals surface area contributed by atoms with E-state index in [2.05, 4.69) is 95.8 Å². The van der Waals surface area contributed by atoms with E-state index in [1.54, 1.807) is 29.7 Å². The lowest BCUT2D eigenvalue weighted by atomic mass is 10.1. The van der Waals surface area contributed by atoms with Gasteiger partial charge in [-0.1, -0.05) is 72.3 Å². The summed E-state index contributed by atoms with van der Waals surface area (Å²) in [4.78, 5) is 17.5. The molecular weight excluding hydrogens is 550 g/mol. The smallest absolute Gasteiger partial charge is 0.271 e. The maximum atomic E-state index is 12.8. The van der Waals surface area contributed by atoms with Gasteiger partial charge in [-0.25, -0.2) is 10.4 Å².